The molecule has 2 rings (SSSR count). The fourth-order valence-corrected chi connectivity index (χ4v) is 4.40. The van der Waals surface area contributed by atoms with Crippen LogP contribution in [-0.4, -0.2) is 59.2 Å². The molecule has 1 fully saturated rings. The second kappa shape index (κ2) is 9.55. The van der Waals surface area contributed by atoms with E-state index in [1.165, 1.54) is 17.4 Å². The largest absolute Gasteiger partial charge is 0.381 e. The standard InChI is InChI=1S/C20H33N3O3S/c1-16-7-5-6-8-18(16)20(10-12-26-13-11-20)15-22-19(21-3)23-17(2)9-14-27(4,24)25/h5-8,17H,9-15H2,1-4H3,(H2,21,22,23). The SMILES string of the molecule is CN=C(NCC1(c2ccccc2C)CCOCC1)NC(C)CCS(C)(=O)=O. The average molecular weight is 396 g/mol. The number of aryl methyl sites for hydroxylation is 1. The van der Waals surface area contributed by atoms with Gasteiger partial charge < -0.3 is 15.4 Å². The number of rotatable bonds is 7. The molecule has 1 aromatic carbocycles. The lowest BCUT2D eigenvalue weighted by atomic mass is 9.72. The van der Waals surface area contributed by atoms with Gasteiger partial charge in [-0.25, -0.2) is 8.42 Å². The minimum atomic E-state index is -2.96. The van der Waals surface area contributed by atoms with E-state index in [1.54, 1.807) is 7.05 Å². The fourth-order valence-electron chi connectivity index (χ4n) is 3.62. The third-order valence-corrected chi connectivity index (χ3v) is 6.27. The third-order valence-electron chi connectivity index (χ3n) is 5.29. The number of ether oxygens (including phenoxy) is 1. The van der Waals surface area contributed by atoms with Crippen LogP contribution in [0, 0.1) is 6.92 Å². The predicted octanol–water partition coefficient (Wildman–Crippen LogP) is 2.03. The zero-order valence-corrected chi connectivity index (χ0v) is 17.7. The summed E-state index contributed by atoms with van der Waals surface area (Å²) in [6.45, 7) is 6.41. The number of aliphatic imine (C=N–C) groups is 1. The van der Waals surface area contributed by atoms with Gasteiger partial charge in [-0.15, -0.1) is 0 Å². The van der Waals surface area contributed by atoms with Gasteiger partial charge >= 0.3 is 0 Å². The second-order valence-electron chi connectivity index (χ2n) is 7.60. The van der Waals surface area contributed by atoms with E-state index in [-0.39, 0.29) is 17.2 Å². The zero-order chi connectivity index (χ0) is 19.9. The molecule has 0 radical (unpaired) electrons. The Kier molecular flexibility index (Phi) is 7.68. The monoisotopic (exact) mass is 395 g/mol. The Hall–Kier alpha value is -1.60. The molecule has 0 amide bonds. The number of guanidine groups is 1. The minimum absolute atomic E-state index is 0.0111. The van der Waals surface area contributed by atoms with Gasteiger partial charge in [0.1, 0.15) is 9.84 Å². The summed E-state index contributed by atoms with van der Waals surface area (Å²) in [5, 5.41) is 6.77. The molecule has 7 heteroatoms. The van der Waals surface area contributed by atoms with Crippen molar-refractivity contribution < 1.29 is 13.2 Å². The van der Waals surface area contributed by atoms with Crippen molar-refractivity contribution in [2.24, 2.45) is 4.99 Å². The first-order valence-corrected chi connectivity index (χ1v) is 11.6. The molecule has 1 saturated heterocycles. The van der Waals surface area contributed by atoms with Gasteiger partial charge in [0.25, 0.3) is 0 Å². The Bertz CT molecular complexity index is 741. The van der Waals surface area contributed by atoms with Crippen LogP contribution in [-0.2, 0) is 20.0 Å². The van der Waals surface area contributed by atoms with Crippen LogP contribution >= 0.6 is 0 Å². The molecule has 152 valence electrons. The second-order valence-corrected chi connectivity index (χ2v) is 9.86. The summed E-state index contributed by atoms with van der Waals surface area (Å²) in [5.74, 6) is 0.873. The van der Waals surface area contributed by atoms with Crippen LogP contribution < -0.4 is 10.6 Å². The molecule has 1 heterocycles. The van der Waals surface area contributed by atoms with Crippen LogP contribution in [0.1, 0.15) is 37.3 Å². The van der Waals surface area contributed by atoms with Crippen molar-refractivity contribution in [1.82, 2.24) is 10.6 Å². The Morgan fingerprint density at radius 2 is 1.96 bits per heavy atom. The van der Waals surface area contributed by atoms with Crippen LogP contribution in [0.15, 0.2) is 29.3 Å². The lowest BCUT2D eigenvalue weighted by Crippen LogP contribution is -2.50. The number of hydrogen-bond acceptors (Lipinski definition) is 4. The fraction of sp³-hybridized carbons (Fsp3) is 0.650. The van der Waals surface area contributed by atoms with Crippen LogP contribution in [0.2, 0.25) is 0 Å². The molecule has 27 heavy (non-hydrogen) atoms. The third kappa shape index (κ3) is 6.50. The van der Waals surface area contributed by atoms with Gasteiger partial charge in [-0.2, -0.15) is 0 Å². The van der Waals surface area contributed by atoms with E-state index < -0.39 is 9.84 Å². The van der Waals surface area contributed by atoms with Gasteiger partial charge in [0.15, 0.2) is 5.96 Å². The number of benzene rings is 1. The minimum Gasteiger partial charge on any atom is -0.381 e. The number of hydrogen-bond donors (Lipinski definition) is 2. The van der Waals surface area contributed by atoms with Crippen LogP contribution in [0.4, 0.5) is 0 Å². The summed E-state index contributed by atoms with van der Waals surface area (Å²) in [7, 11) is -1.22. The smallest absolute Gasteiger partial charge is 0.191 e. The summed E-state index contributed by atoms with van der Waals surface area (Å²) in [6.07, 6.45) is 3.75. The molecule has 0 saturated carbocycles. The molecule has 1 aliphatic rings. The normalized spacial score (nSPS) is 18.7. The van der Waals surface area contributed by atoms with Crippen molar-refractivity contribution in [3.63, 3.8) is 0 Å². The topological polar surface area (TPSA) is 79.8 Å². The molecule has 0 aromatic heterocycles. The lowest BCUT2D eigenvalue weighted by Gasteiger charge is -2.39. The van der Waals surface area contributed by atoms with Crippen molar-refractivity contribution in [2.75, 3.05) is 38.8 Å². The van der Waals surface area contributed by atoms with Crippen molar-refractivity contribution >= 4 is 15.8 Å². The molecule has 1 unspecified atom stereocenters. The van der Waals surface area contributed by atoms with E-state index in [4.69, 9.17) is 4.74 Å². The predicted molar refractivity (Wildman–Crippen MR) is 111 cm³/mol. The van der Waals surface area contributed by atoms with Crippen LogP contribution in [0.25, 0.3) is 0 Å². The summed E-state index contributed by atoms with van der Waals surface area (Å²) in [5.41, 5.74) is 2.67. The van der Waals surface area contributed by atoms with Gasteiger partial charge in [0.05, 0.1) is 5.75 Å². The summed E-state index contributed by atoms with van der Waals surface area (Å²) in [6, 6.07) is 8.57. The van der Waals surface area contributed by atoms with E-state index in [0.29, 0.717) is 12.4 Å². The highest BCUT2D eigenvalue weighted by Gasteiger charge is 2.35. The first kappa shape index (κ1) is 21.7. The molecule has 0 bridgehead atoms. The van der Waals surface area contributed by atoms with E-state index in [2.05, 4.69) is 46.8 Å². The molecule has 0 aliphatic carbocycles. The molecule has 6 nitrogen and oxygen atoms in total. The Balaban J connectivity index is 2.04. The molecular weight excluding hydrogens is 362 g/mol. The highest BCUT2D eigenvalue weighted by molar-refractivity contribution is 7.90. The molecule has 1 atom stereocenters. The molecule has 0 spiro atoms. The Morgan fingerprint density at radius 1 is 1.30 bits per heavy atom. The molecular formula is C20H33N3O3S. The van der Waals surface area contributed by atoms with Gasteiger partial charge in [-0.3, -0.25) is 4.99 Å². The van der Waals surface area contributed by atoms with E-state index in [9.17, 15) is 8.42 Å². The maximum absolute atomic E-state index is 11.4. The lowest BCUT2D eigenvalue weighted by molar-refractivity contribution is 0.0511. The van der Waals surface area contributed by atoms with Crippen molar-refractivity contribution in [2.45, 2.75) is 44.6 Å². The van der Waals surface area contributed by atoms with Crippen LogP contribution in [0.3, 0.4) is 0 Å². The van der Waals surface area contributed by atoms with Gasteiger partial charge in [0, 0.05) is 44.5 Å². The first-order valence-electron chi connectivity index (χ1n) is 9.54. The quantitative estimate of drug-likeness (QED) is 0.545. The maximum atomic E-state index is 11.4. The zero-order valence-electron chi connectivity index (χ0n) is 16.9. The summed E-state index contributed by atoms with van der Waals surface area (Å²) < 4.78 is 28.4. The highest BCUT2D eigenvalue weighted by atomic mass is 32.2. The van der Waals surface area contributed by atoms with Crippen LogP contribution in [0.5, 0.6) is 0 Å². The molecule has 2 N–H and O–H groups in total. The molecule has 1 aliphatic heterocycles. The van der Waals surface area contributed by atoms with E-state index in [0.717, 1.165) is 32.6 Å². The summed E-state index contributed by atoms with van der Waals surface area (Å²) in [4.78, 5) is 4.32. The first-order chi connectivity index (χ1) is 12.8. The average Bonchev–Trinajstić information content (AvgIpc) is 2.64. The number of nitrogens with zero attached hydrogens (tertiary/aromatic N) is 1. The Labute approximate surface area is 163 Å². The number of sulfone groups is 1. The van der Waals surface area contributed by atoms with E-state index >= 15 is 0 Å². The van der Waals surface area contributed by atoms with Gasteiger partial charge in [0.2, 0.25) is 0 Å². The van der Waals surface area contributed by atoms with Crippen molar-refractivity contribution in [1.29, 1.82) is 0 Å². The highest BCUT2D eigenvalue weighted by Crippen LogP contribution is 2.36. The Morgan fingerprint density at radius 3 is 2.56 bits per heavy atom. The van der Waals surface area contributed by atoms with Crippen molar-refractivity contribution in [3.8, 4) is 0 Å². The van der Waals surface area contributed by atoms with Gasteiger partial charge in [-0.1, -0.05) is 24.3 Å². The molecule has 1 aromatic rings. The van der Waals surface area contributed by atoms with Crippen molar-refractivity contribution in [3.05, 3.63) is 35.4 Å². The van der Waals surface area contributed by atoms with Gasteiger partial charge in [-0.05, 0) is 44.2 Å². The maximum Gasteiger partial charge on any atom is 0.191 e. The van der Waals surface area contributed by atoms with E-state index in [1.807, 2.05) is 6.92 Å². The number of nitrogens with one attached hydrogen (secondary N) is 2. The summed E-state index contributed by atoms with van der Waals surface area (Å²) >= 11 is 0.